The van der Waals surface area contributed by atoms with Crippen LogP contribution in [0.15, 0.2) is 48.5 Å². The summed E-state index contributed by atoms with van der Waals surface area (Å²) in [6.45, 7) is 1.08. The molecule has 0 spiro atoms. The highest BCUT2D eigenvalue weighted by Crippen LogP contribution is 2.15. The number of carbonyl (C=O) groups excluding carboxylic acids is 1. The van der Waals surface area contributed by atoms with Crippen molar-refractivity contribution in [1.29, 1.82) is 0 Å². The molecule has 1 amide bonds. The Labute approximate surface area is 151 Å². The van der Waals surface area contributed by atoms with Crippen molar-refractivity contribution in [2.75, 3.05) is 18.5 Å². The average molecular weight is 359 g/mol. The summed E-state index contributed by atoms with van der Waals surface area (Å²) in [7, 11) is 0. The first-order valence-electron chi connectivity index (χ1n) is 8.46. The van der Waals surface area contributed by atoms with Crippen molar-refractivity contribution in [2.24, 2.45) is 0 Å². The lowest BCUT2D eigenvalue weighted by Gasteiger charge is -2.08. The molecule has 138 valence electrons. The molecule has 2 rings (SSSR count). The van der Waals surface area contributed by atoms with Gasteiger partial charge in [-0.05, 0) is 36.1 Å². The molecule has 0 heterocycles. The number of benzene rings is 2. The molecule has 5 nitrogen and oxygen atoms in total. The van der Waals surface area contributed by atoms with Gasteiger partial charge in [0.15, 0.2) is 0 Å². The van der Waals surface area contributed by atoms with Crippen LogP contribution in [0.25, 0.3) is 0 Å². The molecule has 0 atom stereocenters. The smallest absolute Gasteiger partial charge is 0.307 e. The van der Waals surface area contributed by atoms with E-state index in [2.05, 4.69) is 5.32 Å². The minimum absolute atomic E-state index is 0.0855. The van der Waals surface area contributed by atoms with Crippen LogP contribution in [-0.4, -0.2) is 30.2 Å². The van der Waals surface area contributed by atoms with Crippen LogP contribution < -0.4 is 5.32 Å². The fourth-order valence-electron chi connectivity index (χ4n) is 2.43. The molecule has 0 unspecified atom stereocenters. The zero-order valence-corrected chi connectivity index (χ0v) is 14.4. The van der Waals surface area contributed by atoms with E-state index in [9.17, 15) is 14.0 Å². The van der Waals surface area contributed by atoms with Gasteiger partial charge in [-0.2, -0.15) is 0 Å². The number of halogens is 1. The Balaban J connectivity index is 1.64. The first-order chi connectivity index (χ1) is 12.5. The van der Waals surface area contributed by atoms with E-state index in [4.69, 9.17) is 9.84 Å². The molecule has 0 radical (unpaired) electrons. The molecule has 2 aromatic rings. The van der Waals surface area contributed by atoms with E-state index in [1.807, 2.05) is 30.3 Å². The molecular formula is C20H22FNO4. The topological polar surface area (TPSA) is 75.6 Å². The second kappa shape index (κ2) is 10.3. The van der Waals surface area contributed by atoms with Gasteiger partial charge in [0.2, 0.25) is 5.91 Å². The number of aliphatic carboxylic acids is 1. The molecule has 0 bridgehead atoms. The number of hydrogen-bond donors (Lipinski definition) is 2. The molecule has 0 aromatic heterocycles. The summed E-state index contributed by atoms with van der Waals surface area (Å²) in [5.74, 6) is -1.98. The predicted molar refractivity (Wildman–Crippen MR) is 96.6 cm³/mol. The van der Waals surface area contributed by atoms with Crippen molar-refractivity contribution in [3.05, 3.63) is 65.5 Å². The molecule has 0 aliphatic carbocycles. The lowest BCUT2D eigenvalue weighted by molar-refractivity contribution is -0.136. The van der Waals surface area contributed by atoms with Gasteiger partial charge in [-0.3, -0.25) is 9.59 Å². The lowest BCUT2D eigenvalue weighted by atomic mass is 10.1. The summed E-state index contributed by atoms with van der Waals surface area (Å²) in [5.41, 5.74) is 1.60. The van der Waals surface area contributed by atoms with Crippen LogP contribution >= 0.6 is 0 Å². The molecular weight excluding hydrogens is 337 g/mol. The molecule has 2 N–H and O–H groups in total. The SMILES string of the molecule is O=C(O)Cc1ccc(NC(=O)CCCOCCc2ccccc2)cc1F. The van der Waals surface area contributed by atoms with Crippen molar-refractivity contribution >= 4 is 17.6 Å². The fraction of sp³-hybridized carbons (Fsp3) is 0.300. The maximum atomic E-state index is 13.8. The Bertz CT molecular complexity index is 734. The molecule has 0 aliphatic heterocycles. The number of ether oxygens (including phenoxy) is 1. The number of amides is 1. The number of hydrogen-bond acceptors (Lipinski definition) is 3. The van der Waals surface area contributed by atoms with Crippen LogP contribution in [0.5, 0.6) is 0 Å². The van der Waals surface area contributed by atoms with Gasteiger partial charge in [0.25, 0.3) is 0 Å². The summed E-state index contributed by atoms with van der Waals surface area (Å²) in [5, 5.41) is 11.3. The van der Waals surface area contributed by atoms with Crippen LogP contribution in [0.4, 0.5) is 10.1 Å². The van der Waals surface area contributed by atoms with E-state index in [1.54, 1.807) is 0 Å². The van der Waals surface area contributed by atoms with Crippen LogP contribution in [0, 0.1) is 5.82 Å². The molecule has 0 saturated carbocycles. The Hall–Kier alpha value is -2.73. The van der Waals surface area contributed by atoms with E-state index < -0.39 is 11.8 Å². The Morgan fingerprint density at radius 2 is 1.85 bits per heavy atom. The third kappa shape index (κ3) is 7.03. The number of nitrogens with one attached hydrogen (secondary N) is 1. The molecule has 0 aliphatic rings. The van der Waals surface area contributed by atoms with E-state index in [1.165, 1.54) is 17.7 Å². The van der Waals surface area contributed by atoms with Crippen molar-refractivity contribution in [2.45, 2.75) is 25.7 Å². The van der Waals surface area contributed by atoms with E-state index in [-0.39, 0.29) is 24.3 Å². The zero-order chi connectivity index (χ0) is 18.8. The highest BCUT2D eigenvalue weighted by atomic mass is 19.1. The van der Waals surface area contributed by atoms with Crippen molar-refractivity contribution in [3.63, 3.8) is 0 Å². The zero-order valence-electron chi connectivity index (χ0n) is 14.4. The maximum absolute atomic E-state index is 13.8. The third-order valence-electron chi connectivity index (χ3n) is 3.75. The molecule has 26 heavy (non-hydrogen) atoms. The van der Waals surface area contributed by atoms with Crippen LogP contribution in [0.1, 0.15) is 24.0 Å². The van der Waals surface area contributed by atoms with Gasteiger partial charge in [0.05, 0.1) is 13.0 Å². The quantitative estimate of drug-likeness (QED) is 0.637. The van der Waals surface area contributed by atoms with Gasteiger partial charge in [0, 0.05) is 18.7 Å². The van der Waals surface area contributed by atoms with Crippen LogP contribution in [-0.2, 0) is 27.2 Å². The monoisotopic (exact) mass is 359 g/mol. The number of carboxylic acids is 1. The predicted octanol–water partition coefficient (Wildman–Crippen LogP) is 3.43. The number of anilines is 1. The second-order valence-electron chi connectivity index (χ2n) is 5.88. The van der Waals surface area contributed by atoms with Crippen molar-refractivity contribution in [3.8, 4) is 0 Å². The van der Waals surface area contributed by atoms with Gasteiger partial charge in [-0.1, -0.05) is 36.4 Å². The number of carboxylic acid groups (broad SMARTS) is 1. The minimum Gasteiger partial charge on any atom is -0.481 e. The summed E-state index contributed by atoms with van der Waals surface area (Å²) >= 11 is 0. The Kier molecular flexibility index (Phi) is 7.76. The van der Waals surface area contributed by atoms with E-state index >= 15 is 0 Å². The number of carbonyl (C=O) groups is 2. The van der Waals surface area contributed by atoms with Gasteiger partial charge >= 0.3 is 5.97 Å². The Morgan fingerprint density at radius 3 is 2.54 bits per heavy atom. The second-order valence-corrected chi connectivity index (χ2v) is 5.88. The summed E-state index contributed by atoms with van der Waals surface area (Å²) in [6.07, 6.45) is 1.28. The Morgan fingerprint density at radius 1 is 1.08 bits per heavy atom. The fourth-order valence-corrected chi connectivity index (χ4v) is 2.43. The van der Waals surface area contributed by atoms with Crippen LogP contribution in [0.3, 0.4) is 0 Å². The number of rotatable bonds is 10. The first-order valence-corrected chi connectivity index (χ1v) is 8.46. The molecule has 0 saturated heterocycles. The summed E-state index contributed by atoms with van der Waals surface area (Å²) in [6, 6.07) is 14.0. The summed E-state index contributed by atoms with van der Waals surface area (Å²) < 4.78 is 19.3. The lowest BCUT2D eigenvalue weighted by Crippen LogP contribution is -2.13. The molecule has 2 aromatic carbocycles. The highest BCUT2D eigenvalue weighted by molar-refractivity contribution is 5.90. The van der Waals surface area contributed by atoms with Crippen molar-refractivity contribution in [1.82, 2.24) is 0 Å². The van der Waals surface area contributed by atoms with Gasteiger partial charge in [0.1, 0.15) is 5.82 Å². The van der Waals surface area contributed by atoms with Gasteiger partial charge in [-0.25, -0.2) is 4.39 Å². The van der Waals surface area contributed by atoms with Crippen LogP contribution in [0.2, 0.25) is 0 Å². The largest absolute Gasteiger partial charge is 0.481 e. The third-order valence-corrected chi connectivity index (χ3v) is 3.75. The van der Waals surface area contributed by atoms with E-state index in [0.717, 1.165) is 12.5 Å². The first kappa shape index (κ1) is 19.6. The van der Waals surface area contributed by atoms with Gasteiger partial charge < -0.3 is 15.2 Å². The van der Waals surface area contributed by atoms with Crippen molar-refractivity contribution < 1.29 is 23.8 Å². The summed E-state index contributed by atoms with van der Waals surface area (Å²) in [4.78, 5) is 22.5. The van der Waals surface area contributed by atoms with Gasteiger partial charge in [-0.15, -0.1) is 0 Å². The molecule has 6 heteroatoms. The maximum Gasteiger partial charge on any atom is 0.307 e. The average Bonchev–Trinajstić information content (AvgIpc) is 2.61. The minimum atomic E-state index is -1.10. The highest BCUT2D eigenvalue weighted by Gasteiger charge is 2.09. The standard InChI is InChI=1S/C20H22FNO4/c21-18-14-17(9-8-16(18)13-20(24)25)22-19(23)7-4-11-26-12-10-15-5-2-1-3-6-15/h1-3,5-6,8-9,14H,4,7,10-13H2,(H,22,23)(H,24,25). The normalized spacial score (nSPS) is 10.5. The molecule has 0 fully saturated rings. The van der Waals surface area contributed by atoms with E-state index in [0.29, 0.717) is 25.3 Å².